The molecule has 0 amide bonds. The van der Waals surface area contributed by atoms with Crippen molar-refractivity contribution in [3.05, 3.63) is 35.3 Å². The van der Waals surface area contributed by atoms with Gasteiger partial charge in [0.2, 0.25) is 5.52 Å². The Kier molecular flexibility index (Phi) is 3.46. The van der Waals surface area contributed by atoms with Crippen LogP contribution in [0.3, 0.4) is 0 Å². The van der Waals surface area contributed by atoms with Crippen LogP contribution < -0.4 is 4.57 Å². The van der Waals surface area contributed by atoms with E-state index in [1.807, 2.05) is 11.3 Å². The molecule has 0 saturated heterocycles. The van der Waals surface area contributed by atoms with Gasteiger partial charge in [0.1, 0.15) is 11.2 Å². The molecule has 0 N–H and O–H groups in total. The quantitative estimate of drug-likeness (QED) is 0.718. The second kappa shape index (κ2) is 5.23. The van der Waals surface area contributed by atoms with Crippen LogP contribution in [0.25, 0.3) is 16.3 Å². The van der Waals surface area contributed by atoms with E-state index < -0.39 is 0 Å². The van der Waals surface area contributed by atoms with Gasteiger partial charge in [0.15, 0.2) is 0 Å². The summed E-state index contributed by atoms with van der Waals surface area (Å²) < 4.78 is 3.82. The molecule has 1 fully saturated rings. The molecule has 3 rings (SSSR count). The Hall–Kier alpha value is -1.15. The van der Waals surface area contributed by atoms with Crippen molar-refractivity contribution in [1.82, 2.24) is 0 Å². The number of nitrogens with zero attached hydrogens (tertiary/aromatic N) is 1. The third-order valence-electron chi connectivity index (χ3n) is 3.86. The molecule has 0 bridgehead atoms. The average molecular weight is 258 g/mol. The highest BCUT2D eigenvalue weighted by Gasteiger charge is 2.17. The zero-order valence-corrected chi connectivity index (χ0v) is 11.7. The maximum Gasteiger partial charge on any atom is 0.262 e. The Morgan fingerprint density at radius 2 is 2.06 bits per heavy atom. The first-order valence-corrected chi connectivity index (χ1v) is 7.79. The first-order chi connectivity index (χ1) is 8.88. The number of benzene rings is 1. The van der Waals surface area contributed by atoms with Gasteiger partial charge in [-0.05, 0) is 31.7 Å². The zero-order chi connectivity index (χ0) is 12.4. The molecule has 0 aliphatic heterocycles. The topological polar surface area (TPSA) is 3.88 Å². The van der Waals surface area contributed by atoms with Crippen molar-refractivity contribution in [3.8, 4) is 0 Å². The molecular formula is C16H20NS+. The standard InChI is InChI=1S/C16H20NS/c1-2-17-14-9-5-6-10-15(14)18-16(17)12-11-13-7-3-4-8-13/h5-6,9-13H,2-4,7-8H2,1H3/q+1/b12-11+. The van der Waals surface area contributed by atoms with E-state index in [0.717, 1.165) is 12.5 Å². The van der Waals surface area contributed by atoms with Gasteiger partial charge < -0.3 is 0 Å². The summed E-state index contributed by atoms with van der Waals surface area (Å²) in [6.07, 6.45) is 10.4. The van der Waals surface area contributed by atoms with Gasteiger partial charge in [0.25, 0.3) is 5.01 Å². The number of allylic oxidation sites excluding steroid dienone is 1. The molecule has 1 aromatic heterocycles. The highest BCUT2D eigenvalue weighted by Crippen LogP contribution is 2.27. The van der Waals surface area contributed by atoms with E-state index in [1.165, 1.54) is 40.9 Å². The van der Waals surface area contributed by atoms with Crippen LogP contribution in [0.5, 0.6) is 0 Å². The van der Waals surface area contributed by atoms with E-state index in [2.05, 4.69) is 47.9 Å². The van der Waals surface area contributed by atoms with Crippen LogP contribution in [0.15, 0.2) is 30.3 Å². The highest BCUT2D eigenvalue weighted by atomic mass is 32.1. The number of hydrogen-bond acceptors (Lipinski definition) is 1. The maximum atomic E-state index is 2.43. The van der Waals surface area contributed by atoms with Gasteiger partial charge in [-0.2, -0.15) is 4.57 Å². The second-order valence-corrected chi connectivity index (χ2v) is 6.12. The van der Waals surface area contributed by atoms with Crippen molar-refractivity contribution in [2.24, 2.45) is 5.92 Å². The summed E-state index contributed by atoms with van der Waals surface area (Å²) in [4.78, 5) is 0. The van der Waals surface area contributed by atoms with Crippen molar-refractivity contribution in [2.45, 2.75) is 39.2 Å². The van der Waals surface area contributed by atoms with Crippen LogP contribution in [0, 0.1) is 5.92 Å². The lowest BCUT2D eigenvalue weighted by Gasteiger charge is -1.98. The molecule has 2 aromatic rings. The fourth-order valence-corrected chi connectivity index (χ4v) is 4.01. The molecule has 1 heterocycles. The Morgan fingerprint density at radius 3 is 2.83 bits per heavy atom. The summed E-state index contributed by atoms with van der Waals surface area (Å²) in [5, 5.41) is 1.39. The van der Waals surface area contributed by atoms with E-state index in [9.17, 15) is 0 Å². The van der Waals surface area contributed by atoms with Gasteiger partial charge in [-0.1, -0.05) is 42.4 Å². The summed E-state index contributed by atoms with van der Waals surface area (Å²) in [7, 11) is 0. The molecule has 94 valence electrons. The van der Waals surface area contributed by atoms with E-state index in [1.54, 1.807) is 0 Å². The van der Waals surface area contributed by atoms with Crippen molar-refractivity contribution in [2.75, 3.05) is 0 Å². The van der Waals surface area contributed by atoms with Crippen molar-refractivity contribution < 1.29 is 4.57 Å². The molecule has 0 radical (unpaired) electrons. The molecule has 1 saturated carbocycles. The van der Waals surface area contributed by atoms with Crippen LogP contribution in [-0.4, -0.2) is 0 Å². The Bertz CT molecular complexity index is 561. The smallest absolute Gasteiger partial charge is 0.182 e. The molecule has 1 aliphatic rings. The minimum Gasteiger partial charge on any atom is -0.182 e. The number of fused-ring (bicyclic) bond motifs is 1. The van der Waals surface area contributed by atoms with Crippen molar-refractivity contribution >= 4 is 27.6 Å². The molecule has 1 nitrogen and oxygen atoms in total. The van der Waals surface area contributed by atoms with E-state index >= 15 is 0 Å². The number of thiazole rings is 1. The number of aromatic nitrogens is 1. The molecule has 2 heteroatoms. The highest BCUT2D eigenvalue weighted by molar-refractivity contribution is 7.18. The monoisotopic (exact) mass is 258 g/mol. The zero-order valence-electron chi connectivity index (χ0n) is 10.9. The Labute approximate surface area is 113 Å². The summed E-state index contributed by atoms with van der Waals surface area (Å²) in [6.45, 7) is 3.28. The van der Waals surface area contributed by atoms with Crippen molar-refractivity contribution in [1.29, 1.82) is 0 Å². The SMILES string of the molecule is CC[n+]1c(/C=C/C2CCCC2)sc2ccccc21. The van der Waals surface area contributed by atoms with Crippen LogP contribution >= 0.6 is 11.3 Å². The predicted molar refractivity (Wildman–Crippen MR) is 78.7 cm³/mol. The second-order valence-electron chi connectivity index (χ2n) is 5.06. The molecule has 1 aliphatic carbocycles. The predicted octanol–water partition coefficient (Wildman–Crippen LogP) is 4.41. The van der Waals surface area contributed by atoms with Crippen LogP contribution in [-0.2, 0) is 6.54 Å². The lowest BCUT2D eigenvalue weighted by atomic mass is 10.1. The Morgan fingerprint density at radius 1 is 1.28 bits per heavy atom. The largest absolute Gasteiger partial charge is 0.262 e. The van der Waals surface area contributed by atoms with E-state index in [-0.39, 0.29) is 0 Å². The number of rotatable bonds is 3. The summed E-state index contributed by atoms with van der Waals surface area (Å²) in [5.41, 5.74) is 1.37. The fourth-order valence-electron chi connectivity index (χ4n) is 2.87. The third-order valence-corrected chi connectivity index (χ3v) is 4.99. The van der Waals surface area contributed by atoms with E-state index in [0.29, 0.717) is 0 Å². The molecule has 1 aromatic carbocycles. The number of aryl methyl sites for hydroxylation is 1. The first kappa shape index (κ1) is 11.9. The maximum absolute atomic E-state index is 2.43. The molecule has 0 unspecified atom stereocenters. The summed E-state index contributed by atoms with van der Waals surface area (Å²) in [5.74, 6) is 0.820. The van der Waals surface area contributed by atoms with Crippen molar-refractivity contribution in [3.63, 3.8) is 0 Å². The normalized spacial score (nSPS) is 17.2. The lowest BCUT2D eigenvalue weighted by molar-refractivity contribution is -0.665. The van der Waals surface area contributed by atoms with Crippen LogP contribution in [0.4, 0.5) is 0 Å². The minimum atomic E-state index is 0.820. The van der Waals surface area contributed by atoms with Crippen LogP contribution in [0.1, 0.15) is 37.6 Å². The van der Waals surface area contributed by atoms with Gasteiger partial charge in [0, 0.05) is 12.1 Å². The molecule has 0 spiro atoms. The minimum absolute atomic E-state index is 0.820. The van der Waals surface area contributed by atoms with Gasteiger partial charge in [-0.3, -0.25) is 0 Å². The van der Waals surface area contributed by atoms with Gasteiger partial charge >= 0.3 is 0 Å². The van der Waals surface area contributed by atoms with Gasteiger partial charge in [-0.15, -0.1) is 0 Å². The third kappa shape index (κ3) is 2.22. The Balaban J connectivity index is 1.95. The molecular weight excluding hydrogens is 238 g/mol. The fraction of sp³-hybridized carbons (Fsp3) is 0.438. The summed E-state index contributed by atoms with van der Waals surface area (Å²) in [6, 6.07) is 8.70. The van der Waals surface area contributed by atoms with E-state index in [4.69, 9.17) is 0 Å². The lowest BCUT2D eigenvalue weighted by Crippen LogP contribution is -2.33. The number of hydrogen-bond donors (Lipinski definition) is 0. The average Bonchev–Trinajstić information content (AvgIpc) is 3.03. The van der Waals surface area contributed by atoms with Gasteiger partial charge in [-0.25, -0.2) is 0 Å². The van der Waals surface area contributed by atoms with Gasteiger partial charge in [0.05, 0.1) is 0 Å². The molecule has 18 heavy (non-hydrogen) atoms. The number of para-hydroxylation sites is 1. The molecule has 0 atom stereocenters. The summed E-state index contributed by atoms with van der Waals surface area (Å²) >= 11 is 1.91. The first-order valence-electron chi connectivity index (χ1n) is 6.98. The van der Waals surface area contributed by atoms with Crippen LogP contribution in [0.2, 0.25) is 0 Å².